The zero-order valence-electron chi connectivity index (χ0n) is 18.8. The fourth-order valence-electron chi connectivity index (χ4n) is 3.74. The monoisotopic (exact) mass is 487 g/mol. The van der Waals surface area contributed by atoms with Crippen molar-refractivity contribution in [3.63, 3.8) is 0 Å². The average molecular weight is 488 g/mol. The number of nitrogens with zero attached hydrogens (tertiary/aromatic N) is 2. The van der Waals surface area contributed by atoms with Gasteiger partial charge >= 0.3 is 0 Å². The summed E-state index contributed by atoms with van der Waals surface area (Å²) in [6, 6.07) is 21.2. The largest absolute Gasteiger partial charge is 0.438 e. The van der Waals surface area contributed by atoms with Gasteiger partial charge in [0.1, 0.15) is 10.8 Å². The SMILES string of the molecule is Cc1ccc(NC(=O)CSc2nc(-c3ccc(Cl)cc3)nc3c2Cc2cc(C)ccc2O3)cc1. The van der Waals surface area contributed by atoms with E-state index in [1.54, 1.807) is 12.1 Å². The molecule has 0 bridgehead atoms. The molecule has 0 saturated carbocycles. The number of thioether (sulfide) groups is 1. The second kappa shape index (κ2) is 9.49. The molecule has 5 nitrogen and oxygen atoms in total. The third-order valence-electron chi connectivity index (χ3n) is 5.50. The molecule has 1 N–H and O–H groups in total. The number of fused-ring (bicyclic) bond motifs is 2. The first-order chi connectivity index (χ1) is 16.4. The quantitative estimate of drug-likeness (QED) is 0.217. The summed E-state index contributed by atoms with van der Waals surface area (Å²) in [7, 11) is 0. The fraction of sp³-hybridized carbons (Fsp3) is 0.148. The van der Waals surface area contributed by atoms with Crippen LogP contribution in [0.2, 0.25) is 5.02 Å². The summed E-state index contributed by atoms with van der Waals surface area (Å²) in [6.07, 6.45) is 0.648. The molecule has 0 radical (unpaired) electrons. The lowest BCUT2D eigenvalue weighted by atomic mass is 10.0. The normalized spacial score (nSPS) is 11.9. The van der Waals surface area contributed by atoms with Gasteiger partial charge in [-0.3, -0.25) is 4.79 Å². The molecule has 5 rings (SSSR count). The summed E-state index contributed by atoms with van der Waals surface area (Å²) in [5.74, 6) is 1.98. The van der Waals surface area contributed by atoms with Crippen molar-refractivity contribution < 1.29 is 9.53 Å². The molecule has 0 unspecified atom stereocenters. The number of nitrogens with one attached hydrogen (secondary N) is 1. The summed E-state index contributed by atoms with van der Waals surface area (Å²) in [5.41, 5.74) is 5.89. The lowest BCUT2D eigenvalue weighted by Crippen LogP contribution is -2.15. The highest BCUT2D eigenvalue weighted by Crippen LogP contribution is 2.40. The molecule has 7 heteroatoms. The van der Waals surface area contributed by atoms with Crippen LogP contribution in [0.25, 0.3) is 11.4 Å². The van der Waals surface area contributed by atoms with Gasteiger partial charge in [0, 0.05) is 22.7 Å². The van der Waals surface area contributed by atoms with Crippen molar-refractivity contribution in [2.24, 2.45) is 0 Å². The maximum absolute atomic E-state index is 12.7. The van der Waals surface area contributed by atoms with Gasteiger partial charge < -0.3 is 10.1 Å². The van der Waals surface area contributed by atoms with Crippen LogP contribution in [0.3, 0.4) is 0 Å². The summed E-state index contributed by atoms with van der Waals surface area (Å²) < 4.78 is 6.18. The number of ether oxygens (including phenoxy) is 1. The van der Waals surface area contributed by atoms with E-state index in [2.05, 4.69) is 18.3 Å². The van der Waals surface area contributed by atoms with Crippen LogP contribution in [0.5, 0.6) is 11.6 Å². The van der Waals surface area contributed by atoms with Gasteiger partial charge in [0.25, 0.3) is 0 Å². The number of hydrogen-bond acceptors (Lipinski definition) is 5. The molecule has 0 saturated heterocycles. The van der Waals surface area contributed by atoms with Crippen LogP contribution in [-0.2, 0) is 11.2 Å². The van der Waals surface area contributed by atoms with Gasteiger partial charge in [-0.1, -0.05) is 58.8 Å². The number of hydrogen-bond donors (Lipinski definition) is 1. The van der Waals surface area contributed by atoms with Gasteiger partial charge in [-0.2, -0.15) is 4.98 Å². The smallest absolute Gasteiger partial charge is 0.234 e. The van der Waals surface area contributed by atoms with Crippen molar-refractivity contribution in [3.05, 3.63) is 94.0 Å². The Kier molecular flexibility index (Phi) is 6.26. The molecule has 0 spiro atoms. The van der Waals surface area contributed by atoms with Crippen LogP contribution in [0.15, 0.2) is 71.8 Å². The minimum atomic E-state index is -0.0952. The van der Waals surface area contributed by atoms with E-state index in [0.29, 0.717) is 23.1 Å². The maximum atomic E-state index is 12.7. The second-order valence-electron chi connectivity index (χ2n) is 8.24. The predicted molar refractivity (Wildman–Crippen MR) is 137 cm³/mol. The maximum Gasteiger partial charge on any atom is 0.234 e. The fourth-order valence-corrected chi connectivity index (χ4v) is 4.69. The van der Waals surface area contributed by atoms with Crippen molar-refractivity contribution in [2.75, 3.05) is 11.1 Å². The summed E-state index contributed by atoms with van der Waals surface area (Å²) in [6.45, 7) is 4.07. The summed E-state index contributed by atoms with van der Waals surface area (Å²) in [4.78, 5) is 22.2. The van der Waals surface area contributed by atoms with E-state index in [1.165, 1.54) is 11.8 Å². The van der Waals surface area contributed by atoms with Crippen LogP contribution >= 0.6 is 23.4 Å². The molecular weight excluding hydrogens is 466 g/mol. The number of carbonyl (C=O) groups excluding carboxylic acids is 1. The minimum Gasteiger partial charge on any atom is -0.438 e. The van der Waals surface area contributed by atoms with E-state index in [9.17, 15) is 4.79 Å². The van der Waals surface area contributed by atoms with Crippen molar-refractivity contribution in [2.45, 2.75) is 25.3 Å². The van der Waals surface area contributed by atoms with E-state index in [-0.39, 0.29) is 11.7 Å². The number of anilines is 1. The van der Waals surface area contributed by atoms with E-state index >= 15 is 0 Å². The van der Waals surface area contributed by atoms with Crippen molar-refractivity contribution >= 4 is 35.0 Å². The van der Waals surface area contributed by atoms with E-state index in [4.69, 9.17) is 26.3 Å². The number of benzene rings is 3. The topological polar surface area (TPSA) is 64.1 Å². The van der Waals surface area contributed by atoms with Crippen LogP contribution < -0.4 is 10.1 Å². The van der Waals surface area contributed by atoms with Crippen LogP contribution in [0, 0.1) is 13.8 Å². The van der Waals surface area contributed by atoms with Gasteiger partial charge in [0.05, 0.1) is 11.3 Å². The molecule has 0 fully saturated rings. The third kappa shape index (κ3) is 4.93. The summed E-state index contributed by atoms with van der Waals surface area (Å²) in [5, 5.41) is 4.33. The summed E-state index contributed by atoms with van der Waals surface area (Å²) >= 11 is 7.45. The average Bonchev–Trinajstić information content (AvgIpc) is 2.83. The zero-order valence-corrected chi connectivity index (χ0v) is 20.3. The Hall–Kier alpha value is -3.35. The second-order valence-corrected chi connectivity index (χ2v) is 9.64. The Balaban J connectivity index is 1.44. The molecule has 1 aromatic heterocycles. The minimum absolute atomic E-state index is 0.0952. The Morgan fingerprint density at radius 3 is 2.50 bits per heavy atom. The molecule has 34 heavy (non-hydrogen) atoms. The van der Waals surface area contributed by atoms with Crippen LogP contribution in [-0.4, -0.2) is 21.6 Å². The highest BCUT2D eigenvalue weighted by molar-refractivity contribution is 8.00. The van der Waals surface area contributed by atoms with Crippen LogP contribution in [0.4, 0.5) is 5.69 Å². The molecule has 3 aromatic carbocycles. The van der Waals surface area contributed by atoms with Crippen molar-refractivity contribution in [1.29, 1.82) is 0 Å². The molecule has 4 aromatic rings. The molecular formula is C27H22ClN3O2S. The van der Waals surface area contributed by atoms with Gasteiger partial charge in [0.2, 0.25) is 11.8 Å². The molecule has 2 heterocycles. The number of amides is 1. The number of aromatic nitrogens is 2. The van der Waals surface area contributed by atoms with Crippen molar-refractivity contribution in [3.8, 4) is 23.0 Å². The molecule has 0 atom stereocenters. The van der Waals surface area contributed by atoms with E-state index < -0.39 is 0 Å². The highest BCUT2D eigenvalue weighted by Gasteiger charge is 2.25. The van der Waals surface area contributed by atoms with Gasteiger partial charge in [-0.05, 0) is 61.9 Å². The number of carbonyl (C=O) groups is 1. The zero-order chi connectivity index (χ0) is 23.7. The lowest BCUT2D eigenvalue weighted by Gasteiger charge is -2.22. The van der Waals surface area contributed by atoms with Crippen molar-refractivity contribution in [1.82, 2.24) is 9.97 Å². The van der Waals surface area contributed by atoms with Crippen LogP contribution in [0.1, 0.15) is 22.3 Å². The molecule has 170 valence electrons. The molecule has 1 aliphatic heterocycles. The predicted octanol–water partition coefficient (Wildman–Crippen LogP) is 6.84. The molecule has 1 aliphatic rings. The standard InChI is InChI=1S/C27H22ClN3O2S/c1-16-3-10-21(11-4-16)29-24(32)15-34-27-22-14-19-13-17(2)5-12-23(19)33-26(22)30-25(31-27)18-6-8-20(28)9-7-18/h3-13H,14-15H2,1-2H3,(H,29,32). The first-order valence-corrected chi connectivity index (χ1v) is 12.2. The number of aryl methyl sites for hydroxylation is 2. The van der Waals surface area contributed by atoms with E-state index in [0.717, 1.165) is 44.3 Å². The third-order valence-corrected chi connectivity index (χ3v) is 6.77. The molecule has 1 amide bonds. The Morgan fingerprint density at radius 1 is 1.00 bits per heavy atom. The Labute approximate surface area is 207 Å². The van der Waals surface area contributed by atoms with Gasteiger partial charge in [0.15, 0.2) is 5.82 Å². The number of halogens is 1. The Morgan fingerprint density at radius 2 is 1.74 bits per heavy atom. The lowest BCUT2D eigenvalue weighted by molar-refractivity contribution is -0.113. The number of rotatable bonds is 5. The van der Waals surface area contributed by atoms with E-state index in [1.807, 2.05) is 55.5 Å². The highest BCUT2D eigenvalue weighted by atomic mass is 35.5. The first kappa shape index (κ1) is 22.4. The Bertz CT molecular complexity index is 1370. The first-order valence-electron chi connectivity index (χ1n) is 10.9. The van der Waals surface area contributed by atoms with Gasteiger partial charge in [-0.15, -0.1) is 0 Å². The molecule has 0 aliphatic carbocycles. The van der Waals surface area contributed by atoms with Gasteiger partial charge in [-0.25, -0.2) is 4.98 Å².